The monoisotopic (exact) mass is 284 g/mol. The van der Waals surface area contributed by atoms with Crippen LogP contribution in [0, 0.1) is 5.92 Å². The highest BCUT2D eigenvalue weighted by molar-refractivity contribution is 5.99. The molecule has 1 N–H and O–H groups in total. The molecule has 1 aliphatic heterocycles. The Kier molecular flexibility index (Phi) is 5.57. The molecule has 5 heteroatoms. The van der Waals surface area contributed by atoms with E-state index in [1.165, 1.54) is 0 Å². The molecular weight excluding hydrogens is 256 g/mol. The third-order valence-electron chi connectivity index (χ3n) is 3.86. The Morgan fingerprint density at radius 2 is 1.90 bits per heavy atom. The Hall–Kier alpha value is -1.10. The average Bonchev–Trinajstić information content (AvgIpc) is 2.34. The zero-order valence-electron chi connectivity index (χ0n) is 13.5. The maximum atomic E-state index is 12.7. The Morgan fingerprint density at radius 1 is 1.30 bits per heavy atom. The summed E-state index contributed by atoms with van der Waals surface area (Å²) in [5.74, 6) is 0.0126. The Balaban J connectivity index is 2.90. The average molecular weight is 284 g/mol. The van der Waals surface area contributed by atoms with Gasteiger partial charge in [-0.15, -0.1) is 0 Å². The van der Waals surface area contributed by atoms with Gasteiger partial charge in [0.05, 0.1) is 12.7 Å². The van der Waals surface area contributed by atoms with Gasteiger partial charge in [-0.25, -0.2) is 0 Å². The quantitative estimate of drug-likeness (QED) is 0.805. The molecule has 0 aromatic rings. The lowest BCUT2D eigenvalue weighted by Crippen LogP contribution is -2.70. The lowest BCUT2D eigenvalue weighted by molar-refractivity contribution is -0.157. The minimum absolute atomic E-state index is 0.00865. The fourth-order valence-corrected chi connectivity index (χ4v) is 2.51. The van der Waals surface area contributed by atoms with Gasteiger partial charge in [0.1, 0.15) is 11.6 Å². The van der Waals surface area contributed by atoms with Gasteiger partial charge in [0.2, 0.25) is 11.8 Å². The third kappa shape index (κ3) is 3.51. The molecule has 1 saturated heterocycles. The number of amides is 2. The van der Waals surface area contributed by atoms with E-state index in [-0.39, 0.29) is 23.8 Å². The molecule has 2 atom stereocenters. The third-order valence-corrected chi connectivity index (χ3v) is 3.86. The maximum Gasteiger partial charge on any atom is 0.248 e. The predicted octanol–water partition coefficient (Wildman–Crippen LogP) is 1.56. The van der Waals surface area contributed by atoms with Crippen LogP contribution in [0.5, 0.6) is 0 Å². The van der Waals surface area contributed by atoms with Crippen LogP contribution in [0.4, 0.5) is 0 Å². The minimum Gasteiger partial charge on any atom is -0.377 e. The van der Waals surface area contributed by atoms with Crippen LogP contribution in [0.25, 0.3) is 0 Å². The summed E-state index contributed by atoms with van der Waals surface area (Å²) >= 11 is 0. The number of nitrogens with zero attached hydrogens (tertiary/aromatic N) is 1. The lowest BCUT2D eigenvalue weighted by atomic mass is 9.88. The van der Waals surface area contributed by atoms with Crippen molar-refractivity contribution in [2.24, 2.45) is 5.92 Å². The standard InChI is InChI=1S/C15H28N2O3/c1-7-15(6)14(19)17(8-9-20-11(4)5)12(10(2)3)13(18)16-15/h10-12H,7-9H2,1-6H3,(H,16,18). The van der Waals surface area contributed by atoms with E-state index < -0.39 is 11.6 Å². The lowest BCUT2D eigenvalue weighted by Gasteiger charge is -2.45. The second-order valence-corrected chi connectivity index (χ2v) is 6.28. The second kappa shape index (κ2) is 6.57. The minimum atomic E-state index is -0.791. The van der Waals surface area contributed by atoms with Crippen LogP contribution >= 0.6 is 0 Å². The summed E-state index contributed by atoms with van der Waals surface area (Å²) in [6, 6.07) is -0.405. The Bertz CT molecular complexity index is 368. The molecule has 1 aliphatic rings. The van der Waals surface area contributed by atoms with Crippen LogP contribution in [-0.2, 0) is 14.3 Å². The summed E-state index contributed by atoms with van der Waals surface area (Å²) in [4.78, 5) is 26.7. The van der Waals surface area contributed by atoms with Crippen molar-refractivity contribution < 1.29 is 14.3 Å². The van der Waals surface area contributed by atoms with Crippen molar-refractivity contribution in [3.8, 4) is 0 Å². The second-order valence-electron chi connectivity index (χ2n) is 6.28. The van der Waals surface area contributed by atoms with E-state index in [0.29, 0.717) is 19.6 Å². The summed E-state index contributed by atoms with van der Waals surface area (Å²) in [5.41, 5.74) is -0.791. The summed E-state index contributed by atoms with van der Waals surface area (Å²) in [7, 11) is 0. The summed E-state index contributed by atoms with van der Waals surface area (Å²) in [5, 5.41) is 2.88. The van der Waals surface area contributed by atoms with Gasteiger partial charge in [0, 0.05) is 6.54 Å². The number of nitrogens with one attached hydrogen (secondary N) is 1. The van der Waals surface area contributed by atoms with Crippen LogP contribution < -0.4 is 5.32 Å². The highest BCUT2D eigenvalue weighted by Gasteiger charge is 2.47. The maximum absolute atomic E-state index is 12.7. The highest BCUT2D eigenvalue weighted by atomic mass is 16.5. The molecule has 1 fully saturated rings. The van der Waals surface area contributed by atoms with Gasteiger partial charge in [-0.05, 0) is 33.1 Å². The first-order valence-corrected chi connectivity index (χ1v) is 7.47. The number of rotatable bonds is 6. The molecule has 0 spiro atoms. The van der Waals surface area contributed by atoms with Gasteiger partial charge in [-0.1, -0.05) is 20.8 Å². The molecule has 116 valence electrons. The van der Waals surface area contributed by atoms with E-state index in [1.54, 1.807) is 11.8 Å². The van der Waals surface area contributed by atoms with Crippen molar-refractivity contribution >= 4 is 11.8 Å². The largest absolute Gasteiger partial charge is 0.377 e. The van der Waals surface area contributed by atoms with Crippen molar-refractivity contribution in [1.82, 2.24) is 10.2 Å². The van der Waals surface area contributed by atoms with Gasteiger partial charge in [-0.3, -0.25) is 9.59 Å². The molecule has 0 radical (unpaired) electrons. The molecule has 0 aromatic heterocycles. The Morgan fingerprint density at radius 3 is 2.35 bits per heavy atom. The number of ether oxygens (including phenoxy) is 1. The number of piperazine rings is 1. The smallest absolute Gasteiger partial charge is 0.248 e. The van der Waals surface area contributed by atoms with E-state index in [1.807, 2.05) is 34.6 Å². The van der Waals surface area contributed by atoms with Crippen molar-refractivity contribution in [3.63, 3.8) is 0 Å². The molecule has 5 nitrogen and oxygen atoms in total. The van der Waals surface area contributed by atoms with Crippen molar-refractivity contribution in [2.75, 3.05) is 13.2 Å². The first-order valence-electron chi connectivity index (χ1n) is 7.47. The molecule has 2 amide bonds. The molecule has 2 unspecified atom stereocenters. The van der Waals surface area contributed by atoms with Crippen LogP contribution in [-0.4, -0.2) is 47.6 Å². The number of hydrogen-bond donors (Lipinski definition) is 1. The number of carbonyl (C=O) groups excluding carboxylic acids is 2. The zero-order valence-corrected chi connectivity index (χ0v) is 13.5. The van der Waals surface area contributed by atoms with Crippen molar-refractivity contribution in [2.45, 2.75) is 65.6 Å². The van der Waals surface area contributed by atoms with E-state index >= 15 is 0 Å². The van der Waals surface area contributed by atoms with Crippen molar-refractivity contribution in [1.29, 1.82) is 0 Å². The summed E-state index contributed by atoms with van der Waals surface area (Å²) in [6.45, 7) is 12.5. The normalized spacial score (nSPS) is 27.4. The molecule has 20 heavy (non-hydrogen) atoms. The fraction of sp³-hybridized carbons (Fsp3) is 0.867. The topological polar surface area (TPSA) is 58.6 Å². The van der Waals surface area contributed by atoms with E-state index in [4.69, 9.17) is 4.74 Å². The van der Waals surface area contributed by atoms with E-state index in [9.17, 15) is 9.59 Å². The zero-order chi connectivity index (χ0) is 15.5. The molecule has 0 bridgehead atoms. The van der Waals surface area contributed by atoms with Crippen LogP contribution in [0.15, 0.2) is 0 Å². The van der Waals surface area contributed by atoms with Gasteiger partial charge >= 0.3 is 0 Å². The molecule has 0 saturated carbocycles. The van der Waals surface area contributed by atoms with E-state index in [0.717, 1.165) is 0 Å². The van der Waals surface area contributed by atoms with E-state index in [2.05, 4.69) is 5.32 Å². The van der Waals surface area contributed by atoms with Gasteiger partial charge < -0.3 is 15.0 Å². The van der Waals surface area contributed by atoms with Gasteiger partial charge in [-0.2, -0.15) is 0 Å². The summed E-state index contributed by atoms with van der Waals surface area (Å²) < 4.78 is 5.53. The van der Waals surface area contributed by atoms with Crippen molar-refractivity contribution in [3.05, 3.63) is 0 Å². The number of carbonyl (C=O) groups is 2. The van der Waals surface area contributed by atoms with Crippen LogP contribution in [0.3, 0.4) is 0 Å². The van der Waals surface area contributed by atoms with Gasteiger partial charge in [0.25, 0.3) is 0 Å². The molecule has 0 aromatic carbocycles. The highest BCUT2D eigenvalue weighted by Crippen LogP contribution is 2.24. The van der Waals surface area contributed by atoms with Crippen LogP contribution in [0.1, 0.15) is 48.0 Å². The first kappa shape index (κ1) is 17.0. The molecule has 0 aliphatic carbocycles. The summed E-state index contributed by atoms with van der Waals surface area (Å²) in [6.07, 6.45) is 0.711. The Labute approximate surface area is 122 Å². The first-order chi connectivity index (χ1) is 9.23. The van der Waals surface area contributed by atoms with Gasteiger partial charge in [0.15, 0.2) is 0 Å². The number of hydrogen-bond acceptors (Lipinski definition) is 3. The molecular formula is C15H28N2O3. The SMILES string of the molecule is CCC1(C)NC(=O)C(C(C)C)N(CCOC(C)C)C1=O. The predicted molar refractivity (Wildman–Crippen MR) is 78.3 cm³/mol. The molecule has 1 rings (SSSR count). The molecule has 1 heterocycles. The van der Waals surface area contributed by atoms with Crippen LogP contribution in [0.2, 0.25) is 0 Å². The fourth-order valence-electron chi connectivity index (χ4n) is 2.51.